The third-order valence-electron chi connectivity index (χ3n) is 4.54. The standard InChI is InChI=1S/C24H18N2O4S2/c27-22(13-14-24(29)30)25-16-9-11-17(12-10-16)31-15-23(28)26-18-5-1-3-7-20(18)32-21-8-4-2-6-19(21)26/h1-14H,15H2,(H,25,27)(H,29,30)/b14-13+. The molecule has 8 heteroatoms. The van der Waals surface area contributed by atoms with Gasteiger partial charge in [-0.05, 0) is 48.5 Å². The summed E-state index contributed by atoms with van der Waals surface area (Å²) in [5.41, 5.74) is 2.31. The minimum atomic E-state index is -1.19. The highest BCUT2D eigenvalue weighted by molar-refractivity contribution is 8.00. The van der Waals surface area contributed by atoms with Crippen LogP contribution in [0, 0.1) is 0 Å². The Bertz CT molecular complexity index is 1160. The molecular weight excluding hydrogens is 444 g/mol. The summed E-state index contributed by atoms with van der Waals surface area (Å²) in [6.45, 7) is 0. The summed E-state index contributed by atoms with van der Waals surface area (Å²) in [6.07, 6.45) is 1.73. The second-order valence-corrected chi connectivity index (χ2v) is 8.87. The van der Waals surface area contributed by atoms with Crippen molar-refractivity contribution >= 4 is 58.4 Å². The van der Waals surface area contributed by atoms with Crippen LogP contribution in [0.15, 0.2) is 99.6 Å². The fourth-order valence-electron chi connectivity index (χ4n) is 3.15. The van der Waals surface area contributed by atoms with Crippen LogP contribution in [0.5, 0.6) is 0 Å². The first-order valence-electron chi connectivity index (χ1n) is 9.65. The molecule has 3 aromatic rings. The van der Waals surface area contributed by atoms with Crippen molar-refractivity contribution in [3.05, 3.63) is 84.9 Å². The van der Waals surface area contributed by atoms with E-state index in [0.717, 1.165) is 38.2 Å². The van der Waals surface area contributed by atoms with E-state index in [4.69, 9.17) is 5.11 Å². The van der Waals surface area contributed by atoms with Crippen molar-refractivity contribution < 1.29 is 19.5 Å². The zero-order chi connectivity index (χ0) is 22.5. The Kier molecular flexibility index (Phi) is 6.63. The van der Waals surface area contributed by atoms with Gasteiger partial charge >= 0.3 is 5.97 Å². The molecule has 1 aliphatic rings. The molecule has 2 N–H and O–H groups in total. The largest absolute Gasteiger partial charge is 0.478 e. The number of thioether (sulfide) groups is 1. The molecule has 3 aromatic carbocycles. The maximum atomic E-state index is 13.2. The van der Waals surface area contributed by atoms with Gasteiger partial charge in [-0.2, -0.15) is 0 Å². The maximum Gasteiger partial charge on any atom is 0.328 e. The molecule has 0 fully saturated rings. The van der Waals surface area contributed by atoms with E-state index in [1.807, 2.05) is 60.7 Å². The number of amides is 2. The second-order valence-electron chi connectivity index (χ2n) is 6.74. The van der Waals surface area contributed by atoms with Gasteiger partial charge in [0, 0.05) is 32.5 Å². The number of carboxylic acids is 1. The van der Waals surface area contributed by atoms with Crippen LogP contribution in [0.1, 0.15) is 0 Å². The quantitative estimate of drug-likeness (QED) is 0.387. The normalized spacial score (nSPS) is 12.2. The number of anilines is 3. The molecular formula is C24H18N2O4S2. The van der Waals surface area contributed by atoms with Crippen LogP contribution in [-0.4, -0.2) is 28.6 Å². The van der Waals surface area contributed by atoms with Gasteiger partial charge in [-0.3, -0.25) is 14.5 Å². The number of nitrogens with zero attached hydrogens (tertiary/aromatic N) is 1. The van der Waals surface area contributed by atoms with Crippen LogP contribution < -0.4 is 10.2 Å². The van der Waals surface area contributed by atoms with E-state index in [-0.39, 0.29) is 11.7 Å². The number of benzene rings is 3. The monoisotopic (exact) mass is 462 g/mol. The number of aliphatic carboxylic acids is 1. The molecule has 2 amide bonds. The lowest BCUT2D eigenvalue weighted by molar-refractivity contribution is -0.131. The molecule has 0 aromatic heterocycles. The lowest BCUT2D eigenvalue weighted by Crippen LogP contribution is -2.29. The van der Waals surface area contributed by atoms with Gasteiger partial charge in [0.1, 0.15) is 0 Å². The zero-order valence-corrected chi connectivity index (χ0v) is 18.4. The van der Waals surface area contributed by atoms with Crippen molar-refractivity contribution in [2.75, 3.05) is 16.0 Å². The molecule has 0 saturated heterocycles. The molecule has 0 saturated carbocycles. The van der Waals surface area contributed by atoms with E-state index in [1.165, 1.54) is 11.8 Å². The van der Waals surface area contributed by atoms with Gasteiger partial charge < -0.3 is 10.4 Å². The van der Waals surface area contributed by atoms with E-state index in [0.29, 0.717) is 5.69 Å². The highest BCUT2D eigenvalue weighted by Crippen LogP contribution is 2.48. The average molecular weight is 463 g/mol. The SMILES string of the molecule is O=C(O)/C=C/C(=O)Nc1ccc(SCC(=O)N2c3ccccc3Sc3ccccc32)cc1. The van der Waals surface area contributed by atoms with Crippen molar-refractivity contribution in [1.29, 1.82) is 0 Å². The highest BCUT2D eigenvalue weighted by Gasteiger charge is 2.27. The minimum Gasteiger partial charge on any atom is -0.478 e. The predicted molar refractivity (Wildman–Crippen MR) is 127 cm³/mol. The van der Waals surface area contributed by atoms with Crippen LogP contribution in [-0.2, 0) is 14.4 Å². The Balaban J connectivity index is 1.43. The first-order valence-corrected chi connectivity index (χ1v) is 11.5. The Morgan fingerprint density at radius 3 is 2.06 bits per heavy atom. The molecule has 0 spiro atoms. The number of nitrogens with one attached hydrogen (secondary N) is 1. The van der Waals surface area contributed by atoms with Gasteiger partial charge in [-0.25, -0.2) is 4.79 Å². The molecule has 0 atom stereocenters. The third kappa shape index (κ3) is 5.04. The zero-order valence-electron chi connectivity index (χ0n) is 16.7. The lowest BCUT2D eigenvalue weighted by atomic mass is 10.2. The molecule has 0 unspecified atom stereocenters. The number of para-hydroxylation sites is 2. The Labute approximate surface area is 193 Å². The smallest absolute Gasteiger partial charge is 0.328 e. The summed E-state index contributed by atoms with van der Waals surface area (Å²) < 4.78 is 0. The second kappa shape index (κ2) is 9.76. The van der Waals surface area contributed by atoms with Crippen LogP contribution in [0.3, 0.4) is 0 Å². The van der Waals surface area contributed by atoms with E-state index < -0.39 is 11.9 Å². The molecule has 32 heavy (non-hydrogen) atoms. The first-order chi connectivity index (χ1) is 15.5. The first kappa shape index (κ1) is 21.7. The van der Waals surface area contributed by atoms with Crippen LogP contribution in [0.25, 0.3) is 0 Å². The van der Waals surface area contributed by atoms with Gasteiger partial charge in [0.15, 0.2) is 0 Å². The Morgan fingerprint density at radius 1 is 0.875 bits per heavy atom. The van der Waals surface area contributed by atoms with Gasteiger partial charge in [-0.1, -0.05) is 36.0 Å². The van der Waals surface area contributed by atoms with Crippen LogP contribution in [0.2, 0.25) is 0 Å². The Morgan fingerprint density at radius 2 is 1.47 bits per heavy atom. The van der Waals surface area contributed by atoms with Crippen LogP contribution >= 0.6 is 23.5 Å². The van der Waals surface area contributed by atoms with Gasteiger partial charge in [0.2, 0.25) is 11.8 Å². The van der Waals surface area contributed by atoms with Crippen molar-refractivity contribution in [2.45, 2.75) is 14.7 Å². The van der Waals surface area contributed by atoms with Gasteiger partial charge in [0.25, 0.3) is 0 Å². The molecule has 1 heterocycles. The molecule has 0 bridgehead atoms. The number of carbonyl (C=O) groups excluding carboxylic acids is 2. The van der Waals surface area contributed by atoms with Gasteiger partial charge in [0.05, 0.1) is 17.1 Å². The van der Waals surface area contributed by atoms with Crippen molar-refractivity contribution in [2.24, 2.45) is 0 Å². The topological polar surface area (TPSA) is 86.7 Å². The van der Waals surface area contributed by atoms with E-state index in [1.54, 1.807) is 28.8 Å². The van der Waals surface area contributed by atoms with Crippen molar-refractivity contribution in [3.8, 4) is 0 Å². The summed E-state index contributed by atoms with van der Waals surface area (Å²) in [5.74, 6) is -1.48. The number of carbonyl (C=O) groups is 3. The van der Waals surface area contributed by atoms with Crippen molar-refractivity contribution in [1.82, 2.24) is 0 Å². The molecule has 4 rings (SSSR count). The van der Waals surface area contributed by atoms with E-state index in [9.17, 15) is 14.4 Å². The van der Waals surface area contributed by atoms with E-state index in [2.05, 4.69) is 5.32 Å². The fraction of sp³-hybridized carbons (Fsp3) is 0.0417. The number of hydrogen-bond acceptors (Lipinski definition) is 5. The number of carboxylic acid groups (broad SMARTS) is 1. The number of fused-ring (bicyclic) bond motifs is 2. The molecule has 6 nitrogen and oxygen atoms in total. The average Bonchev–Trinajstić information content (AvgIpc) is 2.80. The molecule has 160 valence electrons. The van der Waals surface area contributed by atoms with Crippen LogP contribution in [0.4, 0.5) is 17.1 Å². The molecule has 0 radical (unpaired) electrons. The Hall–Kier alpha value is -3.49. The molecule has 1 aliphatic heterocycles. The summed E-state index contributed by atoms with van der Waals surface area (Å²) in [4.78, 5) is 40.1. The third-order valence-corrected chi connectivity index (χ3v) is 6.67. The van der Waals surface area contributed by atoms with Crippen molar-refractivity contribution in [3.63, 3.8) is 0 Å². The number of rotatable bonds is 6. The lowest BCUT2D eigenvalue weighted by Gasteiger charge is -2.31. The van der Waals surface area contributed by atoms with Gasteiger partial charge in [-0.15, -0.1) is 11.8 Å². The summed E-state index contributed by atoms with van der Waals surface area (Å²) in [7, 11) is 0. The van der Waals surface area contributed by atoms with E-state index >= 15 is 0 Å². The highest BCUT2D eigenvalue weighted by atomic mass is 32.2. The number of hydrogen-bond donors (Lipinski definition) is 2. The summed E-state index contributed by atoms with van der Waals surface area (Å²) in [5, 5.41) is 11.2. The minimum absolute atomic E-state index is 0.0219. The summed E-state index contributed by atoms with van der Waals surface area (Å²) >= 11 is 3.07. The summed E-state index contributed by atoms with van der Waals surface area (Å²) in [6, 6.07) is 22.8. The fourth-order valence-corrected chi connectivity index (χ4v) is 4.95. The maximum absolute atomic E-state index is 13.2. The molecule has 0 aliphatic carbocycles. The predicted octanol–water partition coefficient (Wildman–Crippen LogP) is 5.19.